The largest absolute Gasteiger partial charge is 0.391 e. The maximum atomic E-state index is 9.89. The molecule has 2 saturated heterocycles. The summed E-state index contributed by atoms with van der Waals surface area (Å²) in [7, 11) is 2.12. The first kappa shape index (κ1) is 8.48. The second-order valence-corrected chi connectivity index (χ2v) is 4.23. The van der Waals surface area contributed by atoms with Crippen LogP contribution in [0.1, 0.15) is 19.3 Å². The number of aliphatic hydroxyl groups is 1. The van der Waals surface area contributed by atoms with Crippen LogP contribution in [-0.4, -0.2) is 48.3 Å². The summed E-state index contributed by atoms with van der Waals surface area (Å²) in [5, 5.41) is 13.4. The van der Waals surface area contributed by atoms with Gasteiger partial charge in [0.1, 0.15) is 0 Å². The third kappa shape index (κ3) is 1.26. The molecule has 0 aromatic heterocycles. The molecule has 70 valence electrons. The van der Waals surface area contributed by atoms with E-state index in [4.69, 9.17) is 0 Å². The van der Waals surface area contributed by atoms with E-state index in [1.165, 1.54) is 0 Å². The molecule has 1 spiro atoms. The molecule has 0 saturated carbocycles. The van der Waals surface area contributed by atoms with Crippen LogP contribution in [0.5, 0.6) is 0 Å². The molecule has 0 aromatic rings. The Labute approximate surface area is 73.8 Å². The van der Waals surface area contributed by atoms with Gasteiger partial charge in [0, 0.05) is 6.54 Å². The van der Waals surface area contributed by atoms with E-state index >= 15 is 0 Å². The highest BCUT2D eigenvalue weighted by atomic mass is 16.3. The predicted octanol–water partition coefficient (Wildman–Crippen LogP) is -0.195. The Morgan fingerprint density at radius 3 is 3.00 bits per heavy atom. The molecule has 2 fully saturated rings. The second kappa shape index (κ2) is 2.98. The first-order valence-corrected chi connectivity index (χ1v) is 4.85. The van der Waals surface area contributed by atoms with Gasteiger partial charge in [-0.05, 0) is 39.4 Å². The molecule has 0 amide bonds. The normalized spacial score (nSPS) is 44.0. The first-order valence-electron chi connectivity index (χ1n) is 4.85. The van der Waals surface area contributed by atoms with Gasteiger partial charge in [-0.2, -0.15) is 0 Å². The van der Waals surface area contributed by atoms with Gasteiger partial charge in [-0.1, -0.05) is 0 Å². The molecule has 2 N–H and O–H groups in total. The van der Waals surface area contributed by atoms with Crippen molar-refractivity contribution in [2.75, 3.05) is 26.7 Å². The predicted molar refractivity (Wildman–Crippen MR) is 48.1 cm³/mol. The minimum atomic E-state index is -0.129. The SMILES string of the molecule is CN1CCC2(C1)NCCCC2O. The van der Waals surface area contributed by atoms with Gasteiger partial charge in [0.25, 0.3) is 0 Å². The third-order valence-electron chi connectivity index (χ3n) is 3.26. The van der Waals surface area contributed by atoms with Crippen molar-refractivity contribution < 1.29 is 5.11 Å². The molecule has 3 nitrogen and oxygen atoms in total. The molecule has 2 aliphatic rings. The van der Waals surface area contributed by atoms with Gasteiger partial charge in [0.2, 0.25) is 0 Å². The molecule has 2 unspecified atom stereocenters. The molecule has 2 rings (SSSR count). The Morgan fingerprint density at radius 1 is 1.58 bits per heavy atom. The Hall–Kier alpha value is -0.120. The summed E-state index contributed by atoms with van der Waals surface area (Å²) < 4.78 is 0. The van der Waals surface area contributed by atoms with Crippen molar-refractivity contribution in [2.24, 2.45) is 0 Å². The molecule has 0 aromatic carbocycles. The summed E-state index contributed by atoms with van der Waals surface area (Å²) in [6.07, 6.45) is 3.06. The van der Waals surface area contributed by atoms with E-state index in [1.807, 2.05) is 0 Å². The van der Waals surface area contributed by atoms with Crippen molar-refractivity contribution in [1.29, 1.82) is 0 Å². The summed E-state index contributed by atoms with van der Waals surface area (Å²) in [5.41, 5.74) is 0.0347. The fourth-order valence-corrected chi connectivity index (χ4v) is 2.47. The van der Waals surface area contributed by atoms with Crippen LogP contribution in [0, 0.1) is 0 Å². The lowest BCUT2D eigenvalue weighted by atomic mass is 9.85. The number of rotatable bonds is 0. The number of piperidine rings is 1. The zero-order valence-corrected chi connectivity index (χ0v) is 7.71. The number of nitrogens with one attached hydrogen (secondary N) is 1. The lowest BCUT2D eigenvalue weighted by molar-refractivity contribution is 0.0362. The Morgan fingerprint density at radius 2 is 2.42 bits per heavy atom. The summed E-state index contributed by atoms with van der Waals surface area (Å²) >= 11 is 0. The number of nitrogens with zero attached hydrogens (tertiary/aromatic N) is 1. The minimum Gasteiger partial charge on any atom is -0.391 e. The first-order chi connectivity index (χ1) is 5.73. The molecule has 2 heterocycles. The molecular formula is C9H18N2O. The van der Waals surface area contributed by atoms with E-state index in [0.29, 0.717) is 0 Å². The van der Waals surface area contributed by atoms with Gasteiger partial charge in [-0.3, -0.25) is 0 Å². The lowest BCUT2D eigenvalue weighted by Gasteiger charge is -2.39. The van der Waals surface area contributed by atoms with Gasteiger partial charge < -0.3 is 15.3 Å². The third-order valence-corrected chi connectivity index (χ3v) is 3.26. The summed E-state index contributed by atoms with van der Waals surface area (Å²) in [6.45, 7) is 3.20. The zero-order valence-electron chi connectivity index (χ0n) is 7.71. The van der Waals surface area contributed by atoms with Crippen molar-refractivity contribution in [1.82, 2.24) is 10.2 Å². The van der Waals surface area contributed by atoms with Crippen molar-refractivity contribution in [3.63, 3.8) is 0 Å². The van der Waals surface area contributed by atoms with Gasteiger partial charge in [-0.15, -0.1) is 0 Å². The minimum absolute atomic E-state index is 0.0347. The average molecular weight is 170 g/mol. The molecule has 2 aliphatic heterocycles. The zero-order chi connectivity index (χ0) is 8.60. The summed E-state index contributed by atoms with van der Waals surface area (Å²) in [5.74, 6) is 0. The molecule has 2 atom stereocenters. The molecule has 0 radical (unpaired) electrons. The van der Waals surface area contributed by atoms with Crippen molar-refractivity contribution in [2.45, 2.75) is 30.9 Å². The van der Waals surface area contributed by atoms with Gasteiger partial charge >= 0.3 is 0 Å². The van der Waals surface area contributed by atoms with Crippen LogP contribution >= 0.6 is 0 Å². The maximum absolute atomic E-state index is 9.89. The molecule has 3 heteroatoms. The topological polar surface area (TPSA) is 35.5 Å². The van der Waals surface area contributed by atoms with E-state index in [-0.39, 0.29) is 11.6 Å². The van der Waals surface area contributed by atoms with Crippen LogP contribution in [0.25, 0.3) is 0 Å². The van der Waals surface area contributed by atoms with E-state index in [9.17, 15) is 5.11 Å². The second-order valence-electron chi connectivity index (χ2n) is 4.23. The highest BCUT2D eigenvalue weighted by Crippen LogP contribution is 2.28. The van der Waals surface area contributed by atoms with Crippen LogP contribution in [0.15, 0.2) is 0 Å². The average Bonchev–Trinajstić information content (AvgIpc) is 2.41. The van der Waals surface area contributed by atoms with Crippen LogP contribution in [-0.2, 0) is 0 Å². The number of aliphatic hydroxyl groups excluding tert-OH is 1. The van der Waals surface area contributed by atoms with E-state index in [0.717, 1.165) is 38.9 Å². The standard InChI is InChI=1S/C9H18N2O/c1-11-6-4-9(7-11)8(12)3-2-5-10-9/h8,10,12H,2-7H2,1H3. The summed E-state index contributed by atoms with van der Waals surface area (Å²) in [6, 6.07) is 0. The van der Waals surface area contributed by atoms with Crippen molar-refractivity contribution in [3.8, 4) is 0 Å². The van der Waals surface area contributed by atoms with Crippen molar-refractivity contribution >= 4 is 0 Å². The monoisotopic (exact) mass is 170 g/mol. The highest BCUT2D eigenvalue weighted by Gasteiger charge is 2.43. The van der Waals surface area contributed by atoms with E-state index < -0.39 is 0 Å². The molecule has 0 bridgehead atoms. The molecule has 12 heavy (non-hydrogen) atoms. The fraction of sp³-hybridized carbons (Fsp3) is 1.00. The van der Waals surface area contributed by atoms with Crippen LogP contribution < -0.4 is 5.32 Å². The maximum Gasteiger partial charge on any atom is 0.0735 e. The lowest BCUT2D eigenvalue weighted by Crippen LogP contribution is -2.59. The highest BCUT2D eigenvalue weighted by molar-refractivity contribution is 5.03. The number of hydrogen-bond donors (Lipinski definition) is 2. The quantitative estimate of drug-likeness (QED) is 0.529. The van der Waals surface area contributed by atoms with E-state index in [2.05, 4.69) is 17.3 Å². The fourth-order valence-electron chi connectivity index (χ4n) is 2.47. The van der Waals surface area contributed by atoms with Crippen LogP contribution in [0.2, 0.25) is 0 Å². The molecular weight excluding hydrogens is 152 g/mol. The Bertz CT molecular complexity index is 170. The Balaban J connectivity index is 2.07. The Kier molecular flexibility index (Phi) is 2.10. The summed E-state index contributed by atoms with van der Waals surface area (Å²) in [4.78, 5) is 2.29. The van der Waals surface area contributed by atoms with Crippen LogP contribution in [0.3, 0.4) is 0 Å². The van der Waals surface area contributed by atoms with E-state index in [1.54, 1.807) is 0 Å². The van der Waals surface area contributed by atoms with Crippen LogP contribution in [0.4, 0.5) is 0 Å². The van der Waals surface area contributed by atoms with Crippen molar-refractivity contribution in [3.05, 3.63) is 0 Å². The number of likely N-dealkylation sites (tertiary alicyclic amines) is 1. The molecule has 0 aliphatic carbocycles. The van der Waals surface area contributed by atoms with Gasteiger partial charge in [0.15, 0.2) is 0 Å². The number of hydrogen-bond acceptors (Lipinski definition) is 3. The van der Waals surface area contributed by atoms with Gasteiger partial charge in [0.05, 0.1) is 11.6 Å². The van der Waals surface area contributed by atoms with Gasteiger partial charge in [-0.25, -0.2) is 0 Å². The number of likely N-dealkylation sites (N-methyl/N-ethyl adjacent to an activating group) is 1. The smallest absolute Gasteiger partial charge is 0.0735 e.